The zero-order valence-corrected chi connectivity index (χ0v) is 14.2. The lowest BCUT2D eigenvalue weighted by Crippen LogP contribution is -2.20. The molecule has 2 amide bonds. The Bertz CT molecular complexity index is 728. The van der Waals surface area contributed by atoms with Gasteiger partial charge in [0.1, 0.15) is 5.82 Å². The SMILES string of the molecule is O=C(Nc1cc(Br)cc(NCCO)c1)Nc1cccc(F)c1CO. The van der Waals surface area contributed by atoms with Crippen LogP contribution in [0.1, 0.15) is 5.56 Å². The third-order valence-corrected chi connectivity index (χ3v) is 3.58. The summed E-state index contributed by atoms with van der Waals surface area (Å²) in [6.45, 7) is -0.154. The standard InChI is InChI=1S/C16H17BrFN3O3/c17-10-6-11(19-4-5-22)8-12(7-10)20-16(24)21-15-3-1-2-14(18)13(15)9-23/h1-3,6-8,19,22-23H,4-5,9H2,(H2,20,21,24). The van der Waals surface area contributed by atoms with Crippen molar-refractivity contribution in [2.45, 2.75) is 6.61 Å². The van der Waals surface area contributed by atoms with Crippen LogP contribution in [0.2, 0.25) is 0 Å². The Labute approximate surface area is 146 Å². The molecule has 2 aromatic carbocycles. The Kier molecular flexibility index (Phi) is 6.53. The number of nitrogens with one attached hydrogen (secondary N) is 3. The summed E-state index contributed by atoms with van der Waals surface area (Å²) < 4.78 is 14.3. The van der Waals surface area contributed by atoms with Crippen LogP contribution < -0.4 is 16.0 Å². The highest BCUT2D eigenvalue weighted by Crippen LogP contribution is 2.24. The molecule has 0 radical (unpaired) electrons. The van der Waals surface area contributed by atoms with Crippen LogP contribution >= 0.6 is 15.9 Å². The van der Waals surface area contributed by atoms with Crippen LogP contribution in [-0.4, -0.2) is 29.4 Å². The van der Waals surface area contributed by atoms with E-state index < -0.39 is 18.5 Å². The minimum absolute atomic E-state index is 0.0146. The molecule has 128 valence electrons. The molecule has 6 nitrogen and oxygen atoms in total. The number of benzene rings is 2. The molecular formula is C16H17BrFN3O3. The van der Waals surface area contributed by atoms with Crippen LogP contribution in [0, 0.1) is 5.82 Å². The van der Waals surface area contributed by atoms with Crippen molar-refractivity contribution in [3.05, 3.63) is 52.3 Å². The van der Waals surface area contributed by atoms with Gasteiger partial charge in [0.2, 0.25) is 0 Å². The molecule has 24 heavy (non-hydrogen) atoms. The Morgan fingerprint density at radius 2 is 1.88 bits per heavy atom. The van der Waals surface area contributed by atoms with Crippen LogP contribution in [0.5, 0.6) is 0 Å². The van der Waals surface area contributed by atoms with E-state index in [0.29, 0.717) is 12.2 Å². The normalized spacial score (nSPS) is 10.3. The first-order chi connectivity index (χ1) is 11.5. The van der Waals surface area contributed by atoms with Crippen LogP contribution in [0.3, 0.4) is 0 Å². The van der Waals surface area contributed by atoms with E-state index >= 15 is 0 Å². The molecule has 0 aromatic heterocycles. The van der Waals surface area contributed by atoms with Crippen molar-refractivity contribution in [2.24, 2.45) is 0 Å². The number of urea groups is 1. The summed E-state index contributed by atoms with van der Waals surface area (Å²) >= 11 is 3.34. The second kappa shape index (κ2) is 8.62. The van der Waals surface area contributed by atoms with E-state index in [1.54, 1.807) is 18.2 Å². The molecule has 0 aliphatic rings. The molecule has 0 saturated heterocycles. The van der Waals surface area contributed by atoms with E-state index in [1.165, 1.54) is 18.2 Å². The summed E-state index contributed by atoms with van der Waals surface area (Å²) in [5.41, 5.74) is 1.44. The highest BCUT2D eigenvalue weighted by atomic mass is 79.9. The second-order valence-corrected chi connectivity index (χ2v) is 5.80. The van der Waals surface area contributed by atoms with Crippen molar-refractivity contribution >= 4 is 39.0 Å². The Morgan fingerprint density at radius 1 is 1.12 bits per heavy atom. The summed E-state index contributed by atoms with van der Waals surface area (Å²) in [4.78, 5) is 12.1. The average molecular weight is 398 g/mol. The van der Waals surface area contributed by atoms with Gasteiger partial charge in [0.15, 0.2) is 0 Å². The van der Waals surface area contributed by atoms with E-state index in [0.717, 1.165) is 10.2 Å². The summed E-state index contributed by atoms with van der Waals surface area (Å²) in [5, 5.41) is 26.2. The summed E-state index contributed by atoms with van der Waals surface area (Å²) in [6.07, 6.45) is 0. The minimum Gasteiger partial charge on any atom is -0.395 e. The average Bonchev–Trinajstić information content (AvgIpc) is 2.52. The largest absolute Gasteiger partial charge is 0.395 e. The fourth-order valence-electron chi connectivity index (χ4n) is 2.09. The number of hydrogen-bond acceptors (Lipinski definition) is 4. The molecule has 0 heterocycles. The first-order valence-corrected chi connectivity index (χ1v) is 7.94. The molecule has 0 aliphatic heterocycles. The Hall–Kier alpha value is -2.16. The van der Waals surface area contributed by atoms with Crippen molar-refractivity contribution in [1.82, 2.24) is 0 Å². The van der Waals surface area contributed by atoms with Crippen LogP contribution in [0.4, 0.5) is 26.2 Å². The molecule has 5 N–H and O–H groups in total. The minimum atomic E-state index is -0.590. The number of carbonyl (C=O) groups is 1. The van der Waals surface area contributed by atoms with Gasteiger partial charge in [-0.25, -0.2) is 9.18 Å². The van der Waals surface area contributed by atoms with Crippen LogP contribution in [-0.2, 0) is 6.61 Å². The fraction of sp³-hybridized carbons (Fsp3) is 0.188. The number of hydrogen-bond donors (Lipinski definition) is 5. The Balaban J connectivity index is 2.10. The number of rotatable bonds is 6. The molecule has 2 rings (SSSR count). The maximum atomic E-state index is 13.6. The van der Waals surface area contributed by atoms with Gasteiger partial charge in [-0.1, -0.05) is 22.0 Å². The third kappa shape index (κ3) is 4.92. The van der Waals surface area contributed by atoms with Crippen molar-refractivity contribution in [3.63, 3.8) is 0 Å². The van der Waals surface area contributed by atoms with Gasteiger partial charge in [-0.15, -0.1) is 0 Å². The predicted octanol–water partition coefficient (Wildman–Crippen LogP) is 3.13. The number of carbonyl (C=O) groups excluding carboxylic acids is 1. The lowest BCUT2D eigenvalue weighted by Gasteiger charge is -2.13. The van der Waals surface area contributed by atoms with E-state index in [1.807, 2.05) is 0 Å². The summed E-state index contributed by atoms with van der Waals surface area (Å²) in [7, 11) is 0. The molecule has 0 aliphatic carbocycles. The molecule has 0 fully saturated rings. The van der Waals surface area contributed by atoms with Crippen molar-refractivity contribution in [3.8, 4) is 0 Å². The topological polar surface area (TPSA) is 93.6 Å². The smallest absolute Gasteiger partial charge is 0.323 e. The van der Waals surface area contributed by atoms with Gasteiger partial charge in [-0.3, -0.25) is 0 Å². The molecule has 0 bridgehead atoms. The van der Waals surface area contributed by atoms with E-state index in [4.69, 9.17) is 5.11 Å². The number of amides is 2. The number of anilines is 3. The molecular weight excluding hydrogens is 381 g/mol. The van der Waals surface area contributed by atoms with Crippen molar-refractivity contribution < 1.29 is 19.4 Å². The van der Waals surface area contributed by atoms with Gasteiger partial charge < -0.3 is 26.2 Å². The summed E-state index contributed by atoms with van der Waals surface area (Å²) in [5.74, 6) is -0.590. The zero-order chi connectivity index (χ0) is 17.5. The lowest BCUT2D eigenvalue weighted by atomic mass is 10.2. The molecule has 8 heteroatoms. The Morgan fingerprint density at radius 3 is 2.58 bits per heavy atom. The molecule has 0 atom stereocenters. The number of halogens is 2. The monoisotopic (exact) mass is 397 g/mol. The van der Waals surface area contributed by atoms with E-state index in [2.05, 4.69) is 31.9 Å². The second-order valence-electron chi connectivity index (χ2n) is 4.88. The van der Waals surface area contributed by atoms with Gasteiger partial charge >= 0.3 is 6.03 Å². The van der Waals surface area contributed by atoms with Crippen molar-refractivity contribution in [1.29, 1.82) is 0 Å². The first kappa shape index (κ1) is 18.2. The first-order valence-electron chi connectivity index (χ1n) is 7.15. The predicted molar refractivity (Wildman–Crippen MR) is 94.7 cm³/mol. The fourth-order valence-corrected chi connectivity index (χ4v) is 2.58. The maximum absolute atomic E-state index is 13.6. The molecule has 0 saturated carbocycles. The van der Waals surface area contributed by atoms with Gasteiger partial charge in [-0.05, 0) is 30.3 Å². The quantitative estimate of drug-likeness (QED) is 0.517. The molecule has 0 spiro atoms. The number of aliphatic hydroxyl groups is 2. The van der Waals surface area contributed by atoms with Gasteiger partial charge in [0.05, 0.1) is 18.9 Å². The van der Waals surface area contributed by atoms with Crippen molar-refractivity contribution in [2.75, 3.05) is 29.1 Å². The van der Waals surface area contributed by atoms with Gasteiger partial charge in [-0.2, -0.15) is 0 Å². The van der Waals surface area contributed by atoms with E-state index in [9.17, 15) is 14.3 Å². The van der Waals surface area contributed by atoms with E-state index in [-0.39, 0.29) is 17.9 Å². The maximum Gasteiger partial charge on any atom is 0.323 e. The lowest BCUT2D eigenvalue weighted by molar-refractivity contribution is 0.261. The van der Waals surface area contributed by atoms with Crippen LogP contribution in [0.25, 0.3) is 0 Å². The third-order valence-electron chi connectivity index (χ3n) is 3.12. The molecule has 0 unspecified atom stereocenters. The van der Waals surface area contributed by atoms with Gasteiger partial charge in [0.25, 0.3) is 0 Å². The highest BCUT2D eigenvalue weighted by Gasteiger charge is 2.11. The van der Waals surface area contributed by atoms with Gasteiger partial charge in [0, 0.05) is 28.0 Å². The highest BCUT2D eigenvalue weighted by molar-refractivity contribution is 9.10. The zero-order valence-electron chi connectivity index (χ0n) is 12.6. The number of aliphatic hydroxyl groups excluding tert-OH is 2. The molecule has 2 aromatic rings. The van der Waals surface area contributed by atoms with Crippen LogP contribution in [0.15, 0.2) is 40.9 Å². The summed E-state index contributed by atoms with van der Waals surface area (Å²) in [6, 6.07) is 8.78.